The molecule has 21 heteroatoms. The van der Waals surface area contributed by atoms with E-state index in [-0.39, 0.29) is 68.7 Å². The Bertz CT molecular complexity index is 2970. The molecule has 0 amide bonds. The van der Waals surface area contributed by atoms with Crippen LogP contribution in [-0.4, -0.2) is 101 Å². The summed E-state index contributed by atoms with van der Waals surface area (Å²) in [5.74, 6) is -0.806. The van der Waals surface area contributed by atoms with Crippen molar-refractivity contribution < 1.29 is 66.6 Å². The Hall–Kier alpha value is -3.58. The van der Waals surface area contributed by atoms with E-state index >= 15 is 0 Å². The standard InChI is InChI=1S/C19H26N2O3S.C18H24N2O4S.C15H18BrNO.C4H9NO2S.3CH4.CH3.Pd.H2/c1-14(22)16-4-3-15(20-25(23,24)18(2)5-6-18)13-17(16)21-11-9-19(7-8-19)10-12-21;1-17(4-5-17)25(23,24)19-13-2-3-14(16(21)22)15(12-13)20-10-8-18(6-7-18)9-11-20;1-11(18)13-3-2-12(16)10-14(13)17-8-6-15(4-5-15)7-9-17;1-4(2-3-4)8(5,6)7;;;;;;/h3-4,13,20H,5-12H2,1-2H3;2-3,12,19H,4-11H2,1H3,(H,21,22);2-3,10H,4-9H2,1H3;2-3H2,1H3,(H2,5,6,7);3*1H4;1H3;;1H/q;;;;;;;-1;;. The maximum Gasteiger partial charge on any atom is 0.337 e. The van der Waals surface area contributed by atoms with Crippen LogP contribution in [0.5, 0.6) is 0 Å². The third kappa shape index (κ3) is 16.0. The van der Waals surface area contributed by atoms with Gasteiger partial charge in [0, 0.05) is 88.1 Å². The molecule has 6 aliphatic carbocycles. The third-order valence-electron chi connectivity index (χ3n) is 18.7. The monoisotopic (exact) mass is 1340 g/mol. The number of primary sulfonamides is 1. The van der Waals surface area contributed by atoms with Crippen molar-refractivity contribution in [1.82, 2.24) is 0 Å². The summed E-state index contributed by atoms with van der Waals surface area (Å²) in [4.78, 5) is 42.1. The molecule has 12 rings (SSSR count). The summed E-state index contributed by atoms with van der Waals surface area (Å²) in [6.07, 6.45) is 19.3. The quantitative estimate of drug-likeness (QED) is 0.0709. The Morgan fingerprint density at radius 2 is 0.778 bits per heavy atom. The van der Waals surface area contributed by atoms with Crippen LogP contribution in [0.3, 0.4) is 0 Å². The van der Waals surface area contributed by atoms with Gasteiger partial charge < -0.3 is 27.2 Å². The number of hydrogen-bond acceptors (Lipinski definition) is 12. The first-order valence-electron chi connectivity index (χ1n) is 27.2. The zero-order valence-electron chi connectivity index (χ0n) is 46.1. The van der Waals surface area contributed by atoms with Crippen molar-refractivity contribution in [2.45, 2.75) is 187 Å². The fourth-order valence-electron chi connectivity index (χ4n) is 10.9. The Kier molecular flexibility index (Phi) is 22.1. The normalized spacial score (nSPS) is 21.6. The maximum atomic E-state index is 12.5. The minimum atomic E-state index is -3.44. The van der Waals surface area contributed by atoms with Crippen LogP contribution < -0.4 is 29.3 Å². The number of nitrogens with one attached hydrogen (secondary N) is 2. The van der Waals surface area contributed by atoms with Gasteiger partial charge in [-0.25, -0.2) is 35.2 Å². The largest absolute Gasteiger partial charge is 0.478 e. The van der Waals surface area contributed by atoms with Gasteiger partial charge in [-0.1, -0.05) is 38.2 Å². The van der Waals surface area contributed by atoms with Crippen LogP contribution in [0.15, 0.2) is 59.1 Å². The van der Waals surface area contributed by atoms with Gasteiger partial charge in [0.1, 0.15) is 0 Å². The van der Waals surface area contributed by atoms with Gasteiger partial charge in [-0.3, -0.25) is 19.0 Å². The number of carbonyl (C=O) groups excluding carboxylic acids is 2. The zero-order valence-corrected chi connectivity index (χ0v) is 51.7. The number of carboxylic acid groups (broad SMARTS) is 1. The molecule has 0 aromatic heterocycles. The van der Waals surface area contributed by atoms with E-state index in [1.165, 1.54) is 70.3 Å². The number of anilines is 5. The average molecular weight is 1340 g/mol. The first-order chi connectivity index (χ1) is 35.5. The van der Waals surface area contributed by atoms with Crippen LogP contribution >= 0.6 is 15.9 Å². The number of benzene rings is 3. The number of carbonyl (C=O) groups is 3. The fourth-order valence-corrected chi connectivity index (χ4v) is 14.5. The first kappa shape index (κ1) is 69.9. The molecule has 0 unspecified atom stereocenters. The smallest absolute Gasteiger partial charge is 0.337 e. The number of piperidine rings is 3. The molecule has 3 heterocycles. The molecular weight excluding hydrogens is 1250 g/mol. The Labute approximate surface area is 509 Å². The summed E-state index contributed by atoms with van der Waals surface area (Å²) in [5, 5.41) is 14.4. The van der Waals surface area contributed by atoms with E-state index in [1.54, 1.807) is 58.9 Å². The van der Waals surface area contributed by atoms with Crippen molar-refractivity contribution in [3.05, 3.63) is 83.2 Å². The van der Waals surface area contributed by atoms with Gasteiger partial charge in [-0.05, 0) is 221 Å². The summed E-state index contributed by atoms with van der Waals surface area (Å²) in [5.41, 5.74) is 7.08. The Morgan fingerprint density at radius 3 is 1.04 bits per heavy atom. The summed E-state index contributed by atoms with van der Waals surface area (Å²) in [7, 11) is -10.1. The molecule has 3 aromatic rings. The number of carboxylic acids is 1. The molecule has 3 saturated heterocycles. The SMILES string of the molecule is C.C.C.CC(=O)c1ccc(Br)cc1N1CCC2(CC1)CC2.CC(=O)c1ccc(NS(=O)(=O)C2(C)CC2)cc1N1CCC2(CC1)CC2.CC1(S(=O)(=O)Nc2ccc(C(=O)O)c(N3CCC4(CC3)CC4)c2)CC1.CC1(S(N)(=O)=O)CC1.[CH3-].[HH].[Pd]. The van der Waals surface area contributed by atoms with Gasteiger partial charge >= 0.3 is 5.97 Å². The van der Waals surface area contributed by atoms with E-state index < -0.39 is 50.3 Å². The molecule has 3 spiro atoms. The molecule has 5 N–H and O–H groups in total. The summed E-state index contributed by atoms with van der Waals surface area (Å²) in [6.45, 7) is 14.1. The van der Waals surface area contributed by atoms with Gasteiger partial charge in [0.2, 0.25) is 30.1 Å². The molecule has 6 saturated carbocycles. The second kappa shape index (κ2) is 25.6. The number of nitrogens with two attached hydrogens (primary N) is 1. The number of sulfonamides is 3. The number of hydrogen-bond donors (Lipinski definition) is 4. The number of nitrogens with zero attached hydrogens (tertiary/aromatic N) is 3. The van der Waals surface area contributed by atoms with Crippen molar-refractivity contribution in [2.75, 3.05) is 63.4 Å². The predicted octanol–water partition coefficient (Wildman–Crippen LogP) is 13.1. The van der Waals surface area contributed by atoms with Crippen LogP contribution in [0.2, 0.25) is 0 Å². The topological polar surface area (TPSA) is 234 Å². The van der Waals surface area contributed by atoms with Gasteiger partial charge in [-0.15, -0.1) is 0 Å². The molecule has 9 fully saturated rings. The Morgan fingerprint density at radius 1 is 0.494 bits per heavy atom. The van der Waals surface area contributed by atoms with Crippen molar-refractivity contribution in [2.24, 2.45) is 21.4 Å². The van der Waals surface area contributed by atoms with Crippen molar-refractivity contribution >= 4 is 92.0 Å². The number of Topliss-reactive ketones (excluding diaryl/α,β-unsaturated/α-hetero) is 2. The third-order valence-corrected chi connectivity index (χ3v) is 25.4. The van der Waals surface area contributed by atoms with E-state index in [0.717, 1.165) is 86.4 Å². The number of halogens is 1. The van der Waals surface area contributed by atoms with Crippen LogP contribution in [0, 0.1) is 23.7 Å². The van der Waals surface area contributed by atoms with Crippen molar-refractivity contribution in [1.29, 1.82) is 0 Å². The summed E-state index contributed by atoms with van der Waals surface area (Å²) >= 11 is 3.51. The molecule has 0 radical (unpaired) electrons. The Balaban J connectivity index is 0.000000295. The fraction of sp³-hybridized carbons (Fsp3) is 0.633. The average Bonchev–Trinajstić information content (AvgIpc) is 4.12. The van der Waals surface area contributed by atoms with Gasteiger partial charge in [0.15, 0.2) is 11.6 Å². The van der Waals surface area contributed by atoms with E-state index in [4.69, 9.17) is 5.14 Å². The molecule has 0 bridgehead atoms. The molecule has 81 heavy (non-hydrogen) atoms. The van der Waals surface area contributed by atoms with Crippen LogP contribution in [0.4, 0.5) is 28.4 Å². The summed E-state index contributed by atoms with van der Waals surface area (Å²) in [6, 6.07) is 16.0. The van der Waals surface area contributed by atoms with E-state index in [0.29, 0.717) is 64.6 Å². The van der Waals surface area contributed by atoms with E-state index in [9.17, 15) is 44.7 Å². The molecule has 460 valence electrons. The van der Waals surface area contributed by atoms with Crippen LogP contribution in [-0.2, 0) is 50.5 Å². The predicted molar refractivity (Wildman–Crippen MR) is 333 cm³/mol. The molecular formula is C60H94BrN6O10PdS3-. The van der Waals surface area contributed by atoms with E-state index in [1.807, 2.05) is 18.2 Å². The van der Waals surface area contributed by atoms with Gasteiger partial charge in [0.05, 0.1) is 36.9 Å². The minimum absolute atomic E-state index is 0. The summed E-state index contributed by atoms with van der Waals surface area (Å²) < 4.78 is 75.4. The van der Waals surface area contributed by atoms with Gasteiger partial charge in [0.25, 0.3) is 0 Å². The number of rotatable bonds is 13. The second-order valence-electron chi connectivity index (χ2n) is 24.6. The number of ketones is 2. The second-order valence-corrected chi connectivity index (χ2v) is 32.0. The minimum Gasteiger partial charge on any atom is -0.478 e. The van der Waals surface area contributed by atoms with E-state index in [2.05, 4.69) is 46.1 Å². The van der Waals surface area contributed by atoms with Gasteiger partial charge in [-0.2, -0.15) is 0 Å². The molecule has 0 atom stereocenters. The molecule has 16 nitrogen and oxygen atoms in total. The van der Waals surface area contributed by atoms with Crippen molar-refractivity contribution in [3.8, 4) is 0 Å². The maximum absolute atomic E-state index is 12.5. The van der Waals surface area contributed by atoms with Crippen LogP contribution in [0.25, 0.3) is 0 Å². The molecule has 3 aliphatic heterocycles. The molecule has 9 aliphatic rings. The zero-order chi connectivity index (χ0) is 54.9. The number of aromatic carboxylic acids is 1. The first-order valence-corrected chi connectivity index (χ1v) is 32.5. The molecule has 3 aromatic carbocycles. The van der Waals surface area contributed by atoms with Crippen molar-refractivity contribution in [3.63, 3.8) is 0 Å². The van der Waals surface area contributed by atoms with Crippen LogP contribution in [0.1, 0.15) is 205 Å².